The third-order valence-electron chi connectivity index (χ3n) is 3.15. The van der Waals surface area contributed by atoms with E-state index >= 15 is 0 Å². The highest BCUT2D eigenvalue weighted by Gasteiger charge is 2.30. The Bertz CT molecular complexity index is 520. The Morgan fingerprint density at radius 2 is 2.05 bits per heavy atom. The monoisotopic (exact) mass is 259 g/mol. The van der Waals surface area contributed by atoms with Crippen LogP contribution in [0.1, 0.15) is 36.6 Å². The smallest absolute Gasteiger partial charge is 0.253 e. The minimum Gasteiger partial charge on any atom is -0.340 e. The lowest BCUT2D eigenvalue weighted by Gasteiger charge is -2.12. The molecule has 0 spiro atoms. The maximum atomic E-state index is 12.0. The Morgan fingerprint density at radius 3 is 2.74 bits per heavy atom. The summed E-state index contributed by atoms with van der Waals surface area (Å²) in [7, 11) is 0. The van der Waals surface area contributed by atoms with Crippen LogP contribution in [-0.4, -0.2) is 18.4 Å². The van der Waals surface area contributed by atoms with Gasteiger partial charge in [-0.2, -0.15) is 0 Å². The highest BCUT2D eigenvalue weighted by molar-refractivity contribution is 6.06. The number of aryl methyl sites for hydroxylation is 2. The van der Waals surface area contributed by atoms with Gasteiger partial charge in [-0.3, -0.25) is 15.1 Å². The molecule has 0 bridgehead atoms. The topological polar surface area (TPSA) is 53.5 Å². The van der Waals surface area contributed by atoms with Crippen LogP contribution in [0.5, 0.6) is 0 Å². The van der Waals surface area contributed by atoms with Crippen molar-refractivity contribution in [3.63, 3.8) is 0 Å². The molecule has 4 nitrogen and oxygen atoms in total. The Balaban J connectivity index is 2.20. The second kappa shape index (κ2) is 5.43. The third-order valence-corrected chi connectivity index (χ3v) is 3.15. The van der Waals surface area contributed by atoms with Crippen LogP contribution in [0.15, 0.2) is 23.2 Å². The Hall–Kier alpha value is -1.84. The van der Waals surface area contributed by atoms with E-state index in [1.807, 2.05) is 19.9 Å². The standard InChI is InChI=1S/C15H21N3O/c1-9(2)8-16-15-17-13(14(19)18-15)12-7-10(3)5-6-11(12)4/h5-7,9,13H,8H2,1-4H3,(H2,16,17,18,19). The van der Waals surface area contributed by atoms with Crippen LogP contribution in [0.4, 0.5) is 0 Å². The Kier molecular flexibility index (Phi) is 3.88. The van der Waals surface area contributed by atoms with Gasteiger partial charge in [0, 0.05) is 6.54 Å². The highest BCUT2D eigenvalue weighted by Crippen LogP contribution is 2.21. The average Bonchev–Trinajstić information content (AvgIpc) is 2.71. The molecule has 1 aromatic rings. The molecule has 19 heavy (non-hydrogen) atoms. The normalized spacial score (nSPS) is 20.8. The van der Waals surface area contributed by atoms with Crippen molar-refractivity contribution in [1.29, 1.82) is 0 Å². The lowest BCUT2D eigenvalue weighted by Crippen LogP contribution is -2.26. The largest absolute Gasteiger partial charge is 0.340 e. The first-order valence-electron chi connectivity index (χ1n) is 6.66. The van der Waals surface area contributed by atoms with E-state index in [0.717, 1.165) is 16.7 Å². The molecule has 1 fully saturated rings. The number of hydrogen-bond acceptors (Lipinski definition) is 2. The van der Waals surface area contributed by atoms with Gasteiger partial charge in [-0.25, -0.2) is 0 Å². The maximum Gasteiger partial charge on any atom is 0.253 e. The summed E-state index contributed by atoms with van der Waals surface area (Å²) in [5.74, 6) is 1.03. The number of carbonyl (C=O) groups is 1. The molecule has 1 atom stereocenters. The second-order valence-corrected chi connectivity index (χ2v) is 5.51. The third kappa shape index (κ3) is 3.13. The summed E-state index contributed by atoms with van der Waals surface area (Å²) in [6, 6.07) is 5.83. The molecule has 1 unspecified atom stereocenters. The van der Waals surface area contributed by atoms with Crippen molar-refractivity contribution in [2.45, 2.75) is 33.7 Å². The first-order valence-corrected chi connectivity index (χ1v) is 6.66. The molecular formula is C15H21N3O. The van der Waals surface area contributed by atoms with Crippen LogP contribution in [0.25, 0.3) is 0 Å². The summed E-state index contributed by atoms with van der Waals surface area (Å²) in [5, 5.41) is 5.97. The van der Waals surface area contributed by atoms with Gasteiger partial charge in [0.15, 0.2) is 5.96 Å². The van der Waals surface area contributed by atoms with Crippen LogP contribution in [0.2, 0.25) is 0 Å². The van der Waals surface area contributed by atoms with Crippen LogP contribution >= 0.6 is 0 Å². The maximum absolute atomic E-state index is 12.0. The molecule has 102 valence electrons. The molecule has 2 rings (SSSR count). The van der Waals surface area contributed by atoms with Gasteiger partial charge in [-0.05, 0) is 30.9 Å². The van der Waals surface area contributed by atoms with E-state index in [9.17, 15) is 4.79 Å². The van der Waals surface area contributed by atoms with Crippen LogP contribution in [0.3, 0.4) is 0 Å². The van der Waals surface area contributed by atoms with Crippen molar-refractivity contribution < 1.29 is 4.79 Å². The number of nitrogens with zero attached hydrogens (tertiary/aromatic N) is 1. The molecule has 1 heterocycles. The molecule has 0 radical (unpaired) electrons. The van der Waals surface area contributed by atoms with Gasteiger partial charge in [-0.1, -0.05) is 37.6 Å². The number of rotatable bonds is 3. The van der Waals surface area contributed by atoms with Gasteiger partial charge in [0.2, 0.25) is 0 Å². The van der Waals surface area contributed by atoms with E-state index in [1.54, 1.807) is 0 Å². The number of benzene rings is 1. The summed E-state index contributed by atoms with van der Waals surface area (Å²) in [6.45, 7) is 8.96. The molecule has 1 aromatic carbocycles. The van der Waals surface area contributed by atoms with E-state index in [2.05, 4.69) is 41.6 Å². The van der Waals surface area contributed by atoms with Gasteiger partial charge in [0.1, 0.15) is 6.04 Å². The fourth-order valence-electron chi connectivity index (χ4n) is 2.08. The van der Waals surface area contributed by atoms with Crippen LogP contribution < -0.4 is 10.6 Å². The fraction of sp³-hybridized carbons (Fsp3) is 0.467. The number of amides is 1. The van der Waals surface area contributed by atoms with E-state index in [0.29, 0.717) is 18.4 Å². The molecule has 1 amide bonds. The summed E-state index contributed by atoms with van der Waals surface area (Å²) < 4.78 is 0. The van der Waals surface area contributed by atoms with Gasteiger partial charge in [-0.15, -0.1) is 0 Å². The molecule has 1 aliphatic heterocycles. The quantitative estimate of drug-likeness (QED) is 0.873. The van der Waals surface area contributed by atoms with Gasteiger partial charge >= 0.3 is 0 Å². The molecular weight excluding hydrogens is 238 g/mol. The van der Waals surface area contributed by atoms with Gasteiger partial charge in [0.05, 0.1) is 0 Å². The first-order chi connectivity index (χ1) is 8.97. The first kappa shape index (κ1) is 13.6. The zero-order chi connectivity index (χ0) is 14.0. The van der Waals surface area contributed by atoms with Gasteiger partial charge < -0.3 is 5.32 Å². The van der Waals surface area contributed by atoms with Crippen molar-refractivity contribution in [1.82, 2.24) is 10.6 Å². The molecule has 1 saturated heterocycles. The van der Waals surface area contributed by atoms with Crippen LogP contribution in [0, 0.1) is 19.8 Å². The average molecular weight is 259 g/mol. The second-order valence-electron chi connectivity index (χ2n) is 5.51. The molecule has 4 heteroatoms. The number of carbonyl (C=O) groups excluding carboxylic acids is 1. The van der Waals surface area contributed by atoms with E-state index < -0.39 is 0 Å². The van der Waals surface area contributed by atoms with Crippen LogP contribution in [-0.2, 0) is 4.79 Å². The lowest BCUT2D eigenvalue weighted by molar-refractivity contribution is -0.120. The summed E-state index contributed by atoms with van der Waals surface area (Å²) in [5.41, 5.74) is 3.29. The number of nitrogens with one attached hydrogen (secondary N) is 2. The van der Waals surface area contributed by atoms with Crippen molar-refractivity contribution in [2.75, 3.05) is 6.54 Å². The van der Waals surface area contributed by atoms with Gasteiger partial charge in [0.25, 0.3) is 5.91 Å². The number of aliphatic imine (C=N–C) groups is 1. The Labute approximate surface area is 114 Å². The molecule has 1 aliphatic rings. The fourth-order valence-corrected chi connectivity index (χ4v) is 2.08. The zero-order valence-electron chi connectivity index (χ0n) is 11.9. The molecule has 0 aliphatic carbocycles. The number of guanidine groups is 1. The zero-order valence-corrected chi connectivity index (χ0v) is 11.9. The highest BCUT2D eigenvalue weighted by atomic mass is 16.2. The summed E-state index contributed by atoms with van der Waals surface area (Å²) in [4.78, 5) is 16.4. The van der Waals surface area contributed by atoms with E-state index in [4.69, 9.17) is 0 Å². The molecule has 0 aromatic heterocycles. The predicted octanol–water partition coefficient (Wildman–Crippen LogP) is 2.08. The predicted molar refractivity (Wildman–Crippen MR) is 77.1 cm³/mol. The van der Waals surface area contributed by atoms with Crippen molar-refractivity contribution >= 4 is 11.9 Å². The molecule has 2 N–H and O–H groups in total. The van der Waals surface area contributed by atoms with E-state index in [-0.39, 0.29) is 11.9 Å². The lowest BCUT2D eigenvalue weighted by atomic mass is 9.99. The van der Waals surface area contributed by atoms with Crippen molar-refractivity contribution in [2.24, 2.45) is 10.9 Å². The van der Waals surface area contributed by atoms with Crippen molar-refractivity contribution in [3.8, 4) is 0 Å². The van der Waals surface area contributed by atoms with Crippen molar-refractivity contribution in [3.05, 3.63) is 34.9 Å². The number of hydrogen-bond donors (Lipinski definition) is 2. The summed E-state index contributed by atoms with van der Waals surface area (Å²) in [6.07, 6.45) is 0. The minimum atomic E-state index is -0.328. The minimum absolute atomic E-state index is 0.0313. The van der Waals surface area contributed by atoms with E-state index in [1.165, 1.54) is 0 Å². The molecule has 0 saturated carbocycles. The summed E-state index contributed by atoms with van der Waals surface area (Å²) >= 11 is 0. The Morgan fingerprint density at radius 1 is 1.32 bits per heavy atom. The SMILES string of the molecule is Cc1ccc(C)c(C2NC(=NCC(C)C)NC2=O)c1.